The summed E-state index contributed by atoms with van der Waals surface area (Å²) in [5.41, 5.74) is 1.92. The fourth-order valence-electron chi connectivity index (χ4n) is 1.17. The van der Waals surface area contributed by atoms with Crippen molar-refractivity contribution in [3.63, 3.8) is 0 Å². The third kappa shape index (κ3) is 1.92. The fraction of sp³-hybridized carbons (Fsp3) is 0.200. The first kappa shape index (κ1) is 9.92. The molecule has 0 aliphatic heterocycles. The monoisotopic (exact) mass is 223 g/mol. The summed E-state index contributed by atoms with van der Waals surface area (Å²) in [7, 11) is 0. The molecule has 0 aromatic carbocycles. The summed E-state index contributed by atoms with van der Waals surface area (Å²) >= 11 is 1.36. The first-order valence-corrected chi connectivity index (χ1v) is 5.35. The number of nitrogens with zero attached hydrogens (tertiary/aromatic N) is 1. The van der Waals surface area contributed by atoms with Crippen molar-refractivity contribution in [2.24, 2.45) is 0 Å². The van der Waals surface area contributed by atoms with E-state index in [0.29, 0.717) is 22.9 Å². The van der Waals surface area contributed by atoms with E-state index >= 15 is 0 Å². The molecule has 2 aromatic heterocycles. The largest absolute Gasteiger partial charge is 0.463 e. The molecule has 15 heavy (non-hydrogen) atoms. The summed E-state index contributed by atoms with van der Waals surface area (Å²) in [5.74, 6) is 0.228. The van der Waals surface area contributed by atoms with Gasteiger partial charge in [0.25, 0.3) is 0 Å². The number of ether oxygens (including phenoxy) is 1. The topological polar surface area (TPSA) is 52.3 Å². The van der Waals surface area contributed by atoms with E-state index in [4.69, 9.17) is 9.15 Å². The summed E-state index contributed by atoms with van der Waals surface area (Å²) in [6.45, 7) is 2.10. The number of carbonyl (C=O) groups excluding carboxylic acids is 1. The van der Waals surface area contributed by atoms with Gasteiger partial charge in [-0.2, -0.15) is 0 Å². The molecule has 0 atom stereocenters. The maximum atomic E-state index is 11.5. The second kappa shape index (κ2) is 4.27. The molecule has 0 radical (unpaired) electrons. The molecule has 2 aromatic rings. The molecule has 0 saturated heterocycles. The van der Waals surface area contributed by atoms with Crippen LogP contribution in [0.1, 0.15) is 17.4 Å². The zero-order chi connectivity index (χ0) is 10.7. The van der Waals surface area contributed by atoms with Crippen LogP contribution in [0.3, 0.4) is 0 Å². The first-order chi connectivity index (χ1) is 7.33. The molecule has 4 nitrogen and oxygen atoms in total. The van der Waals surface area contributed by atoms with Gasteiger partial charge in [-0.05, 0) is 19.1 Å². The van der Waals surface area contributed by atoms with E-state index in [2.05, 4.69) is 4.98 Å². The first-order valence-electron chi connectivity index (χ1n) is 4.47. The van der Waals surface area contributed by atoms with Crippen molar-refractivity contribution in [2.45, 2.75) is 6.92 Å². The number of hydrogen-bond acceptors (Lipinski definition) is 5. The lowest BCUT2D eigenvalue weighted by molar-refractivity contribution is 0.0521. The zero-order valence-electron chi connectivity index (χ0n) is 8.10. The number of hydrogen-bond donors (Lipinski definition) is 0. The van der Waals surface area contributed by atoms with Crippen LogP contribution in [-0.4, -0.2) is 17.6 Å². The van der Waals surface area contributed by atoms with E-state index in [1.54, 1.807) is 30.8 Å². The Morgan fingerprint density at radius 2 is 2.53 bits per heavy atom. The van der Waals surface area contributed by atoms with E-state index < -0.39 is 5.97 Å². The van der Waals surface area contributed by atoms with Crippen LogP contribution < -0.4 is 0 Å². The van der Waals surface area contributed by atoms with Gasteiger partial charge in [-0.3, -0.25) is 0 Å². The maximum Gasteiger partial charge on any atom is 0.358 e. The maximum absolute atomic E-state index is 11.5. The SMILES string of the molecule is CCOC(=O)c1ncsc1-c1ccco1. The van der Waals surface area contributed by atoms with Crippen LogP contribution in [0.2, 0.25) is 0 Å². The minimum Gasteiger partial charge on any atom is -0.463 e. The van der Waals surface area contributed by atoms with Crippen molar-refractivity contribution >= 4 is 17.3 Å². The van der Waals surface area contributed by atoms with Crippen LogP contribution in [-0.2, 0) is 4.74 Å². The Morgan fingerprint density at radius 1 is 1.67 bits per heavy atom. The van der Waals surface area contributed by atoms with Gasteiger partial charge >= 0.3 is 5.97 Å². The summed E-state index contributed by atoms with van der Waals surface area (Å²) in [5, 5.41) is 0. The van der Waals surface area contributed by atoms with E-state index in [9.17, 15) is 4.79 Å². The van der Waals surface area contributed by atoms with Gasteiger partial charge in [0.05, 0.1) is 18.4 Å². The molecule has 78 valence electrons. The molecule has 0 amide bonds. The third-order valence-electron chi connectivity index (χ3n) is 1.78. The van der Waals surface area contributed by atoms with Crippen molar-refractivity contribution in [1.82, 2.24) is 4.98 Å². The van der Waals surface area contributed by atoms with E-state index in [-0.39, 0.29) is 0 Å². The number of carbonyl (C=O) groups is 1. The van der Waals surface area contributed by atoms with Gasteiger partial charge in [-0.1, -0.05) is 0 Å². The molecule has 0 aliphatic carbocycles. The van der Waals surface area contributed by atoms with Gasteiger partial charge in [-0.15, -0.1) is 11.3 Å². The standard InChI is InChI=1S/C10H9NO3S/c1-2-13-10(12)8-9(15-6-11-8)7-4-3-5-14-7/h3-6H,2H2,1H3. The summed E-state index contributed by atoms with van der Waals surface area (Å²) in [6.07, 6.45) is 1.56. The Bertz CT molecular complexity index is 447. The molecule has 0 unspecified atom stereocenters. The minimum atomic E-state index is -0.412. The van der Waals surface area contributed by atoms with Crippen molar-refractivity contribution in [3.05, 3.63) is 29.6 Å². The Hall–Kier alpha value is -1.62. The molecular weight excluding hydrogens is 214 g/mol. The lowest BCUT2D eigenvalue weighted by Crippen LogP contribution is -2.05. The highest BCUT2D eigenvalue weighted by Gasteiger charge is 2.18. The molecule has 0 N–H and O–H groups in total. The van der Waals surface area contributed by atoms with E-state index in [1.807, 2.05) is 0 Å². The van der Waals surface area contributed by atoms with Crippen molar-refractivity contribution < 1.29 is 13.9 Å². The molecule has 0 aliphatic rings. The lowest BCUT2D eigenvalue weighted by Gasteiger charge is -1.99. The van der Waals surface area contributed by atoms with Crippen LogP contribution in [0, 0.1) is 0 Å². The van der Waals surface area contributed by atoms with Crippen LogP contribution in [0.4, 0.5) is 0 Å². The Labute approximate surface area is 90.5 Å². The predicted molar refractivity (Wildman–Crippen MR) is 55.8 cm³/mol. The molecular formula is C10H9NO3S. The van der Waals surface area contributed by atoms with Crippen LogP contribution >= 0.6 is 11.3 Å². The normalized spacial score (nSPS) is 10.2. The fourth-order valence-corrected chi connectivity index (χ4v) is 1.92. The Morgan fingerprint density at radius 3 is 3.20 bits per heavy atom. The summed E-state index contributed by atoms with van der Waals surface area (Å²) < 4.78 is 10.1. The summed E-state index contributed by atoms with van der Waals surface area (Å²) in [4.78, 5) is 16.2. The molecule has 5 heteroatoms. The van der Waals surface area contributed by atoms with Gasteiger partial charge in [0.15, 0.2) is 5.69 Å². The average molecular weight is 223 g/mol. The predicted octanol–water partition coefficient (Wildman–Crippen LogP) is 2.58. The molecule has 0 spiro atoms. The molecule has 0 fully saturated rings. The molecule has 2 rings (SSSR count). The number of esters is 1. The summed E-state index contributed by atoms with van der Waals surface area (Å²) in [6, 6.07) is 3.56. The number of furan rings is 1. The molecule has 0 saturated carbocycles. The minimum absolute atomic E-state index is 0.316. The number of thiazole rings is 1. The molecule has 0 bridgehead atoms. The highest BCUT2D eigenvalue weighted by molar-refractivity contribution is 7.13. The van der Waals surface area contributed by atoms with Crippen LogP contribution in [0.15, 0.2) is 28.3 Å². The van der Waals surface area contributed by atoms with Crippen molar-refractivity contribution in [2.75, 3.05) is 6.61 Å². The van der Waals surface area contributed by atoms with E-state index in [1.165, 1.54) is 11.3 Å². The van der Waals surface area contributed by atoms with Gasteiger partial charge in [0.1, 0.15) is 10.6 Å². The van der Waals surface area contributed by atoms with Gasteiger partial charge < -0.3 is 9.15 Å². The van der Waals surface area contributed by atoms with Crippen LogP contribution in [0.5, 0.6) is 0 Å². The smallest absolute Gasteiger partial charge is 0.358 e. The van der Waals surface area contributed by atoms with Crippen LogP contribution in [0.25, 0.3) is 10.6 Å². The van der Waals surface area contributed by atoms with Gasteiger partial charge in [-0.25, -0.2) is 9.78 Å². The lowest BCUT2D eigenvalue weighted by atomic mass is 10.3. The van der Waals surface area contributed by atoms with Crippen molar-refractivity contribution in [3.8, 4) is 10.6 Å². The zero-order valence-corrected chi connectivity index (χ0v) is 8.91. The second-order valence-electron chi connectivity index (χ2n) is 2.73. The second-order valence-corrected chi connectivity index (χ2v) is 3.58. The Balaban J connectivity index is 2.34. The number of aromatic nitrogens is 1. The number of rotatable bonds is 3. The van der Waals surface area contributed by atoms with Crippen molar-refractivity contribution in [1.29, 1.82) is 0 Å². The average Bonchev–Trinajstić information content (AvgIpc) is 2.88. The quantitative estimate of drug-likeness (QED) is 0.750. The Kier molecular flexibility index (Phi) is 2.82. The van der Waals surface area contributed by atoms with Gasteiger partial charge in [0, 0.05) is 0 Å². The highest BCUT2D eigenvalue weighted by Crippen LogP contribution is 2.28. The van der Waals surface area contributed by atoms with E-state index in [0.717, 1.165) is 0 Å². The third-order valence-corrected chi connectivity index (χ3v) is 2.62. The highest BCUT2D eigenvalue weighted by atomic mass is 32.1. The van der Waals surface area contributed by atoms with Gasteiger partial charge in [0.2, 0.25) is 0 Å². The molecule has 2 heterocycles.